The van der Waals surface area contributed by atoms with Crippen LogP contribution in [0.2, 0.25) is 0 Å². The van der Waals surface area contributed by atoms with Gasteiger partial charge >= 0.3 is 6.09 Å². The Morgan fingerprint density at radius 1 is 1.55 bits per heavy atom. The molecule has 2 heterocycles. The summed E-state index contributed by atoms with van der Waals surface area (Å²) in [5.41, 5.74) is 0.0999. The Kier molecular flexibility index (Phi) is 4.55. The number of carbonyl (C=O) groups excluding carboxylic acids is 1. The molecule has 1 atom stereocenters. The number of pyridine rings is 1. The first-order valence-electron chi connectivity index (χ1n) is 7.37. The van der Waals surface area contributed by atoms with E-state index in [1.54, 1.807) is 23.2 Å². The average molecular weight is 302 g/mol. The van der Waals surface area contributed by atoms with Crippen LogP contribution in [0.3, 0.4) is 0 Å². The number of amides is 1. The number of aromatic nitrogens is 1. The lowest BCUT2D eigenvalue weighted by atomic mass is 10.2. The maximum Gasteiger partial charge on any atom is 0.410 e. The van der Waals surface area contributed by atoms with Crippen LogP contribution in [0, 0.1) is 11.3 Å². The Morgan fingerprint density at radius 2 is 2.27 bits per heavy atom. The molecule has 1 aromatic heterocycles. The number of anilines is 1. The minimum absolute atomic E-state index is 0.175. The number of likely N-dealkylation sites (tertiary alicyclic amines) is 1. The lowest BCUT2D eigenvalue weighted by Gasteiger charge is -2.27. The predicted octanol–water partition coefficient (Wildman–Crippen LogP) is 2.40. The summed E-state index contributed by atoms with van der Waals surface area (Å²) in [5.74, 6) is 0.745. The molecule has 1 aliphatic rings. The number of nitrogens with zero attached hydrogens (tertiary/aromatic N) is 4. The fourth-order valence-electron chi connectivity index (χ4n) is 2.42. The quantitative estimate of drug-likeness (QED) is 0.839. The molecule has 22 heavy (non-hydrogen) atoms. The number of hydrogen-bond donors (Lipinski definition) is 0. The largest absolute Gasteiger partial charge is 0.444 e. The standard InChI is InChI=1S/C16H22N4O2/c1-16(2,3)22-15(21)20-8-6-13(11-20)19(4)14-9-12(10-17)5-7-18-14/h5,7,9,13H,6,8,11H2,1-4H3/t13-/m0/s1. The molecule has 0 N–H and O–H groups in total. The molecule has 1 aliphatic heterocycles. The van der Waals surface area contributed by atoms with Crippen LogP contribution in [0.5, 0.6) is 0 Å². The van der Waals surface area contributed by atoms with Gasteiger partial charge in [0, 0.05) is 32.4 Å². The molecule has 0 aromatic carbocycles. The van der Waals surface area contributed by atoms with Gasteiger partial charge in [0.15, 0.2) is 0 Å². The van der Waals surface area contributed by atoms with E-state index in [4.69, 9.17) is 10.00 Å². The van der Waals surface area contributed by atoms with Gasteiger partial charge in [-0.2, -0.15) is 5.26 Å². The summed E-state index contributed by atoms with van der Waals surface area (Å²) in [6, 6.07) is 5.73. The van der Waals surface area contributed by atoms with Crippen molar-refractivity contribution in [2.45, 2.75) is 38.8 Å². The zero-order valence-corrected chi connectivity index (χ0v) is 13.5. The van der Waals surface area contributed by atoms with E-state index in [1.165, 1.54) is 0 Å². The fourth-order valence-corrected chi connectivity index (χ4v) is 2.42. The molecule has 1 aromatic rings. The molecule has 1 fully saturated rings. The van der Waals surface area contributed by atoms with Crippen molar-refractivity contribution in [2.75, 3.05) is 25.0 Å². The number of likely N-dealkylation sites (N-methyl/N-ethyl adjacent to an activating group) is 1. The SMILES string of the molecule is CN(c1cc(C#N)ccn1)[C@H]1CCN(C(=O)OC(C)(C)C)C1. The molecule has 0 saturated carbocycles. The number of nitriles is 1. The number of rotatable bonds is 2. The molecule has 6 heteroatoms. The summed E-state index contributed by atoms with van der Waals surface area (Å²) in [4.78, 5) is 20.1. The summed E-state index contributed by atoms with van der Waals surface area (Å²) in [7, 11) is 1.94. The highest BCUT2D eigenvalue weighted by Gasteiger charge is 2.32. The molecule has 6 nitrogen and oxygen atoms in total. The Balaban J connectivity index is 2.00. The molecular weight excluding hydrogens is 280 g/mol. The second-order valence-corrected chi connectivity index (χ2v) is 6.49. The van der Waals surface area contributed by atoms with Crippen molar-refractivity contribution in [1.29, 1.82) is 5.26 Å². The Hall–Kier alpha value is -2.29. The van der Waals surface area contributed by atoms with E-state index in [0.717, 1.165) is 12.2 Å². The van der Waals surface area contributed by atoms with Gasteiger partial charge in [-0.25, -0.2) is 9.78 Å². The third kappa shape index (κ3) is 3.88. The minimum Gasteiger partial charge on any atom is -0.444 e. The van der Waals surface area contributed by atoms with Crippen LogP contribution < -0.4 is 4.90 Å². The molecule has 0 spiro atoms. The van der Waals surface area contributed by atoms with E-state index in [1.807, 2.05) is 32.7 Å². The fraction of sp³-hybridized carbons (Fsp3) is 0.562. The van der Waals surface area contributed by atoms with Crippen molar-refractivity contribution in [2.24, 2.45) is 0 Å². The molecule has 1 amide bonds. The minimum atomic E-state index is -0.482. The van der Waals surface area contributed by atoms with Gasteiger partial charge in [-0.3, -0.25) is 0 Å². The monoisotopic (exact) mass is 302 g/mol. The van der Waals surface area contributed by atoms with Crippen LogP contribution in [-0.2, 0) is 4.74 Å². The summed E-state index contributed by atoms with van der Waals surface area (Å²) in [6.45, 7) is 6.86. The van der Waals surface area contributed by atoms with Crippen molar-refractivity contribution in [3.63, 3.8) is 0 Å². The molecule has 2 rings (SSSR count). The van der Waals surface area contributed by atoms with E-state index >= 15 is 0 Å². The van der Waals surface area contributed by atoms with Gasteiger partial charge in [-0.15, -0.1) is 0 Å². The Bertz CT molecular complexity index is 589. The lowest BCUT2D eigenvalue weighted by molar-refractivity contribution is 0.0292. The van der Waals surface area contributed by atoms with Gasteiger partial charge in [0.05, 0.1) is 11.6 Å². The predicted molar refractivity (Wildman–Crippen MR) is 83.6 cm³/mol. The highest BCUT2D eigenvalue weighted by Crippen LogP contribution is 2.22. The van der Waals surface area contributed by atoms with Gasteiger partial charge in [-0.1, -0.05) is 0 Å². The van der Waals surface area contributed by atoms with Gasteiger partial charge in [0.2, 0.25) is 0 Å². The van der Waals surface area contributed by atoms with Crippen LogP contribution in [0.15, 0.2) is 18.3 Å². The molecule has 118 valence electrons. The zero-order valence-electron chi connectivity index (χ0n) is 13.5. The summed E-state index contributed by atoms with van der Waals surface area (Å²) in [5, 5.41) is 8.97. The van der Waals surface area contributed by atoms with Gasteiger partial charge in [-0.05, 0) is 39.3 Å². The van der Waals surface area contributed by atoms with Crippen LogP contribution in [-0.4, -0.2) is 47.8 Å². The first-order valence-corrected chi connectivity index (χ1v) is 7.37. The van der Waals surface area contributed by atoms with Crippen molar-refractivity contribution in [3.05, 3.63) is 23.9 Å². The number of carbonyl (C=O) groups is 1. The van der Waals surface area contributed by atoms with Crippen molar-refractivity contribution >= 4 is 11.9 Å². The molecule has 0 bridgehead atoms. The topological polar surface area (TPSA) is 69.5 Å². The van der Waals surface area contributed by atoms with Gasteiger partial charge in [0.1, 0.15) is 11.4 Å². The summed E-state index contributed by atoms with van der Waals surface area (Å²) >= 11 is 0. The normalized spacial score (nSPS) is 18.0. The molecule has 0 radical (unpaired) electrons. The van der Waals surface area contributed by atoms with Crippen LogP contribution >= 0.6 is 0 Å². The summed E-state index contributed by atoms with van der Waals surface area (Å²) < 4.78 is 5.40. The van der Waals surface area contributed by atoms with Crippen LogP contribution in [0.4, 0.5) is 10.6 Å². The Morgan fingerprint density at radius 3 is 2.91 bits per heavy atom. The van der Waals surface area contributed by atoms with Crippen LogP contribution in [0.1, 0.15) is 32.8 Å². The number of ether oxygens (including phenoxy) is 1. The Labute approximate surface area is 131 Å². The van der Waals surface area contributed by atoms with Crippen molar-refractivity contribution in [3.8, 4) is 6.07 Å². The van der Waals surface area contributed by atoms with E-state index in [0.29, 0.717) is 18.7 Å². The number of hydrogen-bond acceptors (Lipinski definition) is 5. The highest BCUT2D eigenvalue weighted by molar-refractivity contribution is 5.68. The smallest absolute Gasteiger partial charge is 0.410 e. The van der Waals surface area contributed by atoms with Gasteiger partial charge < -0.3 is 14.5 Å². The molecular formula is C16H22N4O2. The second-order valence-electron chi connectivity index (χ2n) is 6.49. The van der Waals surface area contributed by atoms with Gasteiger partial charge in [0.25, 0.3) is 0 Å². The molecule has 0 aliphatic carbocycles. The summed E-state index contributed by atoms with van der Waals surface area (Å²) in [6.07, 6.45) is 2.21. The van der Waals surface area contributed by atoms with Crippen LogP contribution in [0.25, 0.3) is 0 Å². The highest BCUT2D eigenvalue weighted by atomic mass is 16.6. The van der Waals surface area contributed by atoms with E-state index in [-0.39, 0.29) is 12.1 Å². The second kappa shape index (κ2) is 6.22. The van der Waals surface area contributed by atoms with E-state index < -0.39 is 5.60 Å². The maximum absolute atomic E-state index is 12.1. The first kappa shape index (κ1) is 16.1. The molecule has 0 unspecified atom stereocenters. The average Bonchev–Trinajstić information content (AvgIpc) is 2.94. The third-order valence-electron chi connectivity index (χ3n) is 3.60. The first-order chi connectivity index (χ1) is 10.3. The maximum atomic E-state index is 12.1. The van der Waals surface area contributed by atoms with Crippen molar-refractivity contribution in [1.82, 2.24) is 9.88 Å². The third-order valence-corrected chi connectivity index (χ3v) is 3.60. The zero-order chi connectivity index (χ0) is 16.3. The van der Waals surface area contributed by atoms with E-state index in [2.05, 4.69) is 11.1 Å². The van der Waals surface area contributed by atoms with E-state index in [9.17, 15) is 4.79 Å². The van der Waals surface area contributed by atoms with Crippen molar-refractivity contribution < 1.29 is 9.53 Å². The molecule has 1 saturated heterocycles. The lowest BCUT2D eigenvalue weighted by Crippen LogP contribution is -2.39.